The van der Waals surface area contributed by atoms with Crippen LogP contribution < -0.4 is 5.32 Å². The molecule has 0 spiro atoms. The Hall–Kier alpha value is -2.44. The molecule has 0 saturated carbocycles. The lowest BCUT2D eigenvalue weighted by atomic mass is 9.97. The van der Waals surface area contributed by atoms with Crippen molar-refractivity contribution in [1.82, 2.24) is 19.7 Å². The molecule has 9 heteroatoms. The van der Waals surface area contributed by atoms with E-state index in [1.807, 2.05) is 6.92 Å². The van der Waals surface area contributed by atoms with Gasteiger partial charge in [-0.25, -0.2) is 9.97 Å². The van der Waals surface area contributed by atoms with Crippen LogP contribution >= 0.6 is 23.1 Å². The molecule has 1 aliphatic carbocycles. The quantitative estimate of drug-likeness (QED) is 0.507. The van der Waals surface area contributed by atoms with Crippen LogP contribution in [0.2, 0.25) is 0 Å². The number of thiophene rings is 1. The van der Waals surface area contributed by atoms with Gasteiger partial charge in [0.05, 0.1) is 11.4 Å². The number of carbonyl (C=O) groups is 1. The van der Waals surface area contributed by atoms with E-state index in [4.69, 9.17) is 0 Å². The molecular weight excluding hydrogens is 392 g/mol. The van der Waals surface area contributed by atoms with Crippen molar-refractivity contribution >= 4 is 45.0 Å². The lowest BCUT2D eigenvalue weighted by molar-refractivity contribution is -0.115. The number of hydrogen-bond acceptors (Lipinski definition) is 7. The van der Waals surface area contributed by atoms with Gasteiger partial charge in [-0.15, -0.1) is 11.3 Å². The predicted octanol–water partition coefficient (Wildman–Crippen LogP) is 3.68. The molecule has 144 valence electrons. The van der Waals surface area contributed by atoms with Crippen molar-refractivity contribution in [2.24, 2.45) is 7.05 Å². The summed E-state index contributed by atoms with van der Waals surface area (Å²) in [7, 11) is 1.70. The number of anilines is 1. The molecule has 4 rings (SSSR count). The smallest absolute Gasteiger partial charge is 0.239 e. The van der Waals surface area contributed by atoms with E-state index in [-0.39, 0.29) is 11.2 Å². The number of amides is 1. The first kappa shape index (κ1) is 18.9. The number of nitriles is 1. The molecule has 1 unspecified atom stereocenters. The summed E-state index contributed by atoms with van der Waals surface area (Å²) >= 11 is 3.23. The Balaban J connectivity index is 1.62. The largest absolute Gasteiger partial charge is 0.309 e. The average Bonchev–Trinajstić information content (AvgIpc) is 3.26. The van der Waals surface area contributed by atoms with Crippen LogP contribution in [0.5, 0.6) is 0 Å². The molecule has 3 aromatic rings. The summed E-state index contributed by atoms with van der Waals surface area (Å²) in [6.45, 7) is 1.98. The molecular formula is C19H20N6OS2. The van der Waals surface area contributed by atoms with Gasteiger partial charge >= 0.3 is 0 Å². The molecule has 0 aromatic carbocycles. The second kappa shape index (κ2) is 7.89. The first-order chi connectivity index (χ1) is 13.6. The van der Waals surface area contributed by atoms with Gasteiger partial charge in [-0.05, 0) is 37.7 Å². The van der Waals surface area contributed by atoms with Crippen LogP contribution in [0.25, 0.3) is 10.2 Å². The van der Waals surface area contributed by atoms with Crippen LogP contribution in [0.4, 0.5) is 5.82 Å². The van der Waals surface area contributed by atoms with E-state index in [0.717, 1.165) is 28.1 Å². The molecule has 1 amide bonds. The lowest BCUT2D eigenvalue weighted by Gasteiger charge is -2.16. The number of fused-ring (bicyclic) bond motifs is 3. The predicted molar refractivity (Wildman–Crippen MR) is 111 cm³/mol. The Morgan fingerprint density at radius 3 is 3.04 bits per heavy atom. The zero-order chi connectivity index (χ0) is 19.7. The van der Waals surface area contributed by atoms with Crippen molar-refractivity contribution in [3.05, 3.63) is 28.5 Å². The lowest BCUT2D eigenvalue weighted by Crippen LogP contribution is -2.26. The number of aromatic nitrogens is 4. The van der Waals surface area contributed by atoms with Crippen LogP contribution in [0, 0.1) is 11.3 Å². The average molecular weight is 413 g/mol. The fourth-order valence-corrected chi connectivity index (χ4v) is 5.81. The maximum Gasteiger partial charge on any atom is 0.239 e. The molecule has 1 atom stereocenters. The van der Waals surface area contributed by atoms with Crippen LogP contribution in [-0.4, -0.2) is 30.9 Å². The molecule has 0 saturated heterocycles. The number of rotatable bonds is 5. The minimum absolute atomic E-state index is 0.150. The van der Waals surface area contributed by atoms with Gasteiger partial charge in [-0.1, -0.05) is 18.7 Å². The molecule has 3 heterocycles. The summed E-state index contributed by atoms with van der Waals surface area (Å²) in [6, 6.07) is 2.06. The summed E-state index contributed by atoms with van der Waals surface area (Å²) in [5.74, 6) is 0.274. The highest BCUT2D eigenvalue weighted by atomic mass is 32.2. The standard InChI is InChI=1S/C19H20N6OS2/c1-3-13(17(26)24-16-11(8-20)9-23-25(16)2)27-18-15-12-6-4-5-7-14(12)28-19(15)22-10-21-18/h9-10,13H,3-7H2,1-2H3,(H,24,26). The molecule has 1 aliphatic rings. The van der Waals surface area contributed by atoms with Crippen molar-refractivity contribution in [3.8, 4) is 6.07 Å². The zero-order valence-electron chi connectivity index (χ0n) is 15.7. The highest BCUT2D eigenvalue weighted by molar-refractivity contribution is 8.00. The van der Waals surface area contributed by atoms with Gasteiger partial charge < -0.3 is 5.32 Å². The van der Waals surface area contributed by atoms with E-state index in [9.17, 15) is 10.1 Å². The second-order valence-electron chi connectivity index (χ2n) is 6.72. The van der Waals surface area contributed by atoms with Crippen molar-refractivity contribution in [3.63, 3.8) is 0 Å². The minimum atomic E-state index is -0.321. The van der Waals surface area contributed by atoms with Gasteiger partial charge in [0.1, 0.15) is 33.6 Å². The highest BCUT2D eigenvalue weighted by Gasteiger charge is 2.25. The number of nitrogens with zero attached hydrogens (tertiary/aromatic N) is 5. The van der Waals surface area contributed by atoms with Gasteiger partial charge in [0.15, 0.2) is 0 Å². The Kier molecular flexibility index (Phi) is 5.33. The molecule has 1 N–H and O–H groups in total. The van der Waals surface area contributed by atoms with E-state index >= 15 is 0 Å². The molecule has 0 bridgehead atoms. The topological polar surface area (TPSA) is 96.5 Å². The van der Waals surface area contributed by atoms with Crippen molar-refractivity contribution in [2.45, 2.75) is 49.3 Å². The third-order valence-electron chi connectivity index (χ3n) is 4.93. The maximum absolute atomic E-state index is 12.9. The maximum atomic E-state index is 12.9. The van der Waals surface area contributed by atoms with E-state index in [2.05, 4.69) is 26.5 Å². The Labute approximate surface area is 171 Å². The van der Waals surface area contributed by atoms with E-state index in [0.29, 0.717) is 17.8 Å². The fraction of sp³-hybridized carbons (Fsp3) is 0.421. The highest BCUT2D eigenvalue weighted by Crippen LogP contribution is 2.40. The number of hydrogen-bond donors (Lipinski definition) is 1. The summed E-state index contributed by atoms with van der Waals surface area (Å²) in [5, 5.41) is 17.8. The molecule has 0 aliphatic heterocycles. The number of carbonyl (C=O) groups excluding carboxylic acids is 1. The second-order valence-corrected chi connectivity index (χ2v) is 8.99. The van der Waals surface area contributed by atoms with E-state index in [1.165, 1.54) is 45.9 Å². The van der Waals surface area contributed by atoms with Gasteiger partial charge in [0.25, 0.3) is 0 Å². The Bertz CT molecular complexity index is 1080. The minimum Gasteiger partial charge on any atom is -0.309 e. The van der Waals surface area contributed by atoms with Crippen LogP contribution in [0.15, 0.2) is 17.6 Å². The number of nitrogens with one attached hydrogen (secondary N) is 1. The summed E-state index contributed by atoms with van der Waals surface area (Å²) in [6.07, 6.45) is 8.26. The normalized spacial score (nSPS) is 14.5. The van der Waals surface area contributed by atoms with Crippen LogP contribution in [0.3, 0.4) is 0 Å². The van der Waals surface area contributed by atoms with Gasteiger partial charge in [0, 0.05) is 17.3 Å². The zero-order valence-corrected chi connectivity index (χ0v) is 17.4. The molecule has 7 nitrogen and oxygen atoms in total. The SMILES string of the molecule is CCC(Sc1ncnc2sc3c(c12)CCCC3)C(=O)Nc1c(C#N)cnn1C. The third kappa shape index (κ3) is 3.38. The van der Waals surface area contributed by atoms with Crippen LogP contribution in [-0.2, 0) is 24.7 Å². The molecule has 0 radical (unpaired) electrons. The first-order valence-corrected chi connectivity index (χ1v) is 11.0. The van der Waals surface area contributed by atoms with Crippen molar-refractivity contribution in [2.75, 3.05) is 5.32 Å². The number of thioether (sulfide) groups is 1. The van der Waals surface area contributed by atoms with E-state index in [1.54, 1.807) is 24.7 Å². The van der Waals surface area contributed by atoms with Crippen molar-refractivity contribution < 1.29 is 4.79 Å². The molecule has 3 aromatic heterocycles. The third-order valence-corrected chi connectivity index (χ3v) is 7.50. The van der Waals surface area contributed by atoms with E-state index < -0.39 is 0 Å². The Morgan fingerprint density at radius 2 is 2.25 bits per heavy atom. The summed E-state index contributed by atoms with van der Waals surface area (Å²) in [4.78, 5) is 24.3. The van der Waals surface area contributed by atoms with Crippen molar-refractivity contribution in [1.29, 1.82) is 5.26 Å². The number of aryl methyl sites for hydroxylation is 3. The van der Waals surface area contributed by atoms with Gasteiger partial charge in [-0.2, -0.15) is 10.4 Å². The summed E-state index contributed by atoms with van der Waals surface area (Å²) < 4.78 is 1.51. The first-order valence-electron chi connectivity index (χ1n) is 9.27. The van der Waals surface area contributed by atoms with Gasteiger partial charge in [0.2, 0.25) is 5.91 Å². The Morgan fingerprint density at radius 1 is 1.43 bits per heavy atom. The monoisotopic (exact) mass is 412 g/mol. The molecule has 28 heavy (non-hydrogen) atoms. The van der Waals surface area contributed by atoms with Crippen LogP contribution in [0.1, 0.15) is 42.2 Å². The molecule has 0 fully saturated rings. The summed E-state index contributed by atoms with van der Waals surface area (Å²) in [5.41, 5.74) is 1.72. The van der Waals surface area contributed by atoms with Gasteiger partial charge in [-0.3, -0.25) is 9.48 Å². The fourth-order valence-electron chi connectivity index (χ4n) is 3.47.